The first kappa shape index (κ1) is 16.1. The number of hydrogen-bond donors (Lipinski definition) is 0. The van der Waals surface area contributed by atoms with Crippen molar-refractivity contribution in [2.75, 3.05) is 0 Å². The average Bonchev–Trinajstić information content (AvgIpc) is 3.12. The van der Waals surface area contributed by atoms with Gasteiger partial charge in [0.2, 0.25) is 0 Å². The fraction of sp³-hybridized carbons (Fsp3) is 0.190. The zero-order valence-electron chi connectivity index (χ0n) is 14.5. The molecule has 0 radical (unpaired) electrons. The third-order valence-corrected chi connectivity index (χ3v) is 4.73. The zero-order chi connectivity index (χ0) is 18.1. The Morgan fingerprint density at radius 3 is 2.81 bits per heavy atom. The molecule has 1 atom stereocenters. The van der Waals surface area contributed by atoms with Gasteiger partial charge in [-0.25, -0.2) is 9.83 Å². The van der Waals surface area contributed by atoms with Crippen molar-refractivity contribution in [3.8, 4) is 0 Å². The molecule has 2 heterocycles. The van der Waals surface area contributed by atoms with Crippen LogP contribution in [-0.4, -0.2) is 20.4 Å². The Balaban J connectivity index is 1.71. The highest BCUT2D eigenvalue weighted by Gasteiger charge is 2.34. The Labute approximate surface area is 152 Å². The van der Waals surface area contributed by atoms with E-state index < -0.39 is 6.04 Å². The lowest BCUT2D eigenvalue weighted by molar-refractivity contribution is -0.136. The molecule has 128 valence electrons. The number of imidazole rings is 1. The number of fused-ring (bicyclic) bond motifs is 1. The molecule has 5 heteroatoms. The molecule has 1 amide bonds. The van der Waals surface area contributed by atoms with Gasteiger partial charge in [-0.2, -0.15) is 0 Å². The predicted molar refractivity (Wildman–Crippen MR) is 98.5 cm³/mol. The van der Waals surface area contributed by atoms with E-state index in [1.807, 2.05) is 21.6 Å². The first-order chi connectivity index (χ1) is 12.7. The lowest BCUT2D eigenvalue weighted by Crippen LogP contribution is -2.42. The number of aryl methyl sites for hydroxylation is 1. The van der Waals surface area contributed by atoms with Crippen molar-refractivity contribution in [2.24, 2.45) is 0 Å². The standard InChI is InChI=1S/C21H18N4O/c1-15-6-8-16(9-7-15)12-24-13-19-11-23-14-25(19)20(21(24)26)17-4-3-5-18(10-17)22-2/h3-11,14,20H,12-13H2,1H3. The van der Waals surface area contributed by atoms with E-state index in [2.05, 4.69) is 41.0 Å². The van der Waals surface area contributed by atoms with Gasteiger partial charge in [-0.3, -0.25) is 4.79 Å². The number of rotatable bonds is 3. The minimum atomic E-state index is -0.478. The molecular formula is C21H18N4O. The van der Waals surface area contributed by atoms with Crippen LogP contribution in [0.1, 0.15) is 28.4 Å². The summed E-state index contributed by atoms with van der Waals surface area (Å²) in [4.78, 5) is 22.8. The number of benzene rings is 2. The summed E-state index contributed by atoms with van der Waals surface area (Å²) >= 11 is 0. The highest BCUT2D eigenvalue weighted by Crippen LogP contribution is 2.31. The second-order valence-corrected chi connectivity index (χ2v) is 6.58. The fourth-order valence-electron chi connectivity index (χ4n) is 3.37. The molecular weight excluding hydrogens is 324 g/mol. The molecule has 0 saturated heterocycles. The van der Waals surface area contributed by atoms with E-state index in [9.17, 15) is 4.79 Å². The molecule has 1 unspecified atom stereocenters. The van der Waals surface area contributed by atoms with Crippen LogP contribution >= 0.6 is 0 Å². The van der Waals surface area contributed by atoms with Gasteiger partial charge in [0.05, 0.1) is 25.1 Å². The smallest absolute Gasteiger partial charge is 0.250 e. The van der Waals surface area contributed by atoms with Crippen LogP contribution in [0.4, 0.5) is 5.69 Å². The zero-order valence-corrected chi connectivity index (χ0v) is 14.5. The minimum Gasteiger partial charge on any atom is -0.330 e. The third-order valence-electron chi connectivity index (χ3n) is 4.73. The summed E-state index contributed by atoms with van der Waals surface area (Å²) in [7, 11) is 0. The van der Waals surface area contributed by atoms with Crippen LogP contribution in [0.3, 0.4) is 0 Å². The lowest BCUT2D eigenvalue weighted by atomic mass is 10.0. The summed E-state index contributed by atoms with van der Waals surface area (Å²) in [5, 5.41) is 0. The van der Waals surface area contributed by atoms with Crippen molar-refractivity contribution >= 4 is 11.6 Å². The summed E-state index contributed by atoms with van der Waals surface area (Å²) in [6.07, 6.45) is 3.51. The Hall–Kier alpha value is -3.39. The van der Waals surface area contributed by atoms with E-state index in [1.54, 1.807) is 24.7 Å². The van der Waals surface area contributed by atoms with Gasteiger partial charge in [0, 0.05) is 12.7 Å². The minimum absolute atomic E-state index is 0.0261. The number of hydrogen-bond acceptors (Lipinski definition) is 2. The molecule has 0 N–H and O–H groups in total. The maximum Gasteiger partial charge on any atom is 0.250 e. The van der Waals surface area contributed by atoms with Gasteiger partial charge in [0.1, 0.15) is 6.04 Å². The van der Waals surface area contributed by atoms with Crippen molar-refractivity contribution in [3.05, 3.63) is 94.9 Å². The van der Waals surface area contributed by atoms with Gasteiger partial charge in [0.25, 0.3) is 5.91 Å². The molecule has 2 aromatic carbocycles. The number of carbonyl (C=O) groups is 1. The molecule has 0 fully saturated rings. The van der Waals surface area contributed by atoms with Crippen molar-refractivity contribution < 1.29 is 4.79 Å². The second-order valence-electron chi connectivity index (χ2n) is 6.58. The molecule has 26 heavy (non-hydrogen) atoms. The summed E-state index contributed by atoms with van der Waals surface area (Å²) in [6.45, 7) is 10.4. The number of carbonyl (C=O) groups excluding carboxylic acids is 1. The van der Waals surface area contributed by atoms with Crippen LogP contribution in [-0.2, 0) is 17.9 Å². The normalized spacial score (nSPS) is 16.2. The van der Waals surface area contributed by atoms with Crippen molar-refractivity contribution in [2.45, 2.75) is 26.1 Å². The van der Waals surface area contributed by atoms with Crippen molar-refractivity contribution in [1.29, 1.82) is 0 Å². The van der Waals surface area contributed by atoms with Crippen LogP contribution < -0.4 is 0 Å². The van der Waals surface area contributed by atoms with Crippen LogP contribution in [0.15, 0.2) is 61.1 Å². The fourth-order valence-corrected chi connectivity index (χ4v) is 3.37. The van der Waals surface area contributed by atoms with E-state index in [1.165, 1.54) is 5.56 Å². The molecule has 0 aliphatic carbocycles. The largest absolute Gasteiger partial charge is 0.330 e. The average molecular weight is 342 g/mol. The molecule has 4 rings (SSSR count). The molecule has 1 aliphatic rings. The van der Waals surface area contributed by atoms with E-state index in [0.717, 1.165) is 16.8 Å². The lowest BCUT2D eigenvalue weighted by Gasteiger charge is -2.34. The van der Waals surface area contributed by atoms with Crippen LogP contribution in [0.5, 0.6) is 0 Å². The summed E-state index contributed by atoms with van der Waals surface area (Å²) in [6, 6.07) is 15.0. The summed E-state index contributed by atoms with van der Waals surface area (Å²) < 4.78 is 1.91. The number of aromatic nitrogens is 2. The third kappa shape index (κ3) is 2.86. The number of amides is 1. The van der Waals surface area contributed by atoms with Crippen molar-refractivity contribution in [3.63, 3.8) is 0 Å². The predicted octanol–water partition coefficient (Wildman–Crippen LogP) is 3.87. The van der Waals surface area contributed by atoms with Crippen LogP contribution in [0.25, 0.3) is 4.85 Å². The summed E-state index contributed by atoms with van der Waals surface area (Å²) in [5.41, 5.74) is 4.65. The van der Waals surface area contributed by atoms with Crippen molar-refractivity contribution in [1.82, 2.24) is 14.5 Å². The summed E-state index contributed by atoms with van der Waals surface area (Å²) in [5.74, 6) is 0.0261. The monoisotopic (exact) mass is 342 g/mol. The van der Waals surface area contributed by atoms with E-state index in [0.29, 0.717) is 18.8 Å². The van der Waals surface area contributed by atoms with Gasteiger partial charge < -0.3 is 9.47 Å². The first-order valence-corrected chi connectivity index (χ1v) is 8.48. The molecule has 0 saturated carbocycles. The number of nitrogens with zero attached hydrogens (tertiary/aromatic N) is 4. The molecule has 3 aromatic rings. The highest BCUT2D eigenvalue weighted by atomic mass is 16.2. The molecule has 5 nitrogen and oxygen atoms in total. The van der Waals surface area contributed by atoms with E-state index >= 15 is 0 Å². The van der Waals surface area contributed by atoms with Gasteiger partial charge in [-0.1, -0.05) is 54.1 Å². The molecule has 0 bridgehead atoms. The molecule has 1 aliphatic heterocycles. The van der Waals surface area contributed by atoms with Gasteiger partial charge >= 0.3 is 0 Å². The van der Waals surface area contributed by atoms with Gasteiger partial charge in [-0.15, -0.1) is 0 Å². The van der Waals surface area contributed by atoms with Crippen LogP contribution in [0, 0.1) is 13.5 Å². The molecule has 1 aromatic heterocycles. The van der Waals surface area contributed by atoms with E-state index in [-0.39, 0.29) is 5.91 Å². The van der Waals surface area contributed by atoms with Gasteiger partial charge in [0.15, 0.2) is 5.69 Å². The maximum absolute atomic E-state index is 13.3. The Morgan fingerprint density at radius 2 is 2.04 bits per heavy atom. The van der Waals surface area contributed by atoms with Gasteiger partial charge in [-0.05, 0) is 18.1 Å². The highest BCUT2D eigenvalue weighted by molar-refractivity contribution is 5.85. The Morgan fingerprint density at radius 1 is 1.23 bits per heavy atom. The molecule has 0 spiro atoms. The Kier molecular flexibility index (Phi) is 4.02. The SMILES string of the molecule is [C-]#[N+]c1cccc(C2C(=O)N(Cc3ccc(C)cc3)Cc3cncn32)c1. The first-order valence-electron chi connectivity index (χ1n) is 8.48. The van der Waals surface area contributed by atoms with Crippen LogP contribution in [0.2, 0.25) is 0 Å². The second kappa shape index (κ2) is 6.49. The maximum atomic E-state index is 13.3. The Bertz CT molecular complexity index is 997. The van der Waals surface area contributed by atoms with E-state index in [4.69, 9.17) is 6.57 Å². The topological polar surface area (TPSA) is 42.5 Å². The quantitative estimate of drug-likeness (QED) is 0.678.